The number of ether oxygens (including phenoxy) is 3. The molecule has 184 valence electrons. The first-order valence-electron chi connectivity index (χ1n) is 11.3. The van der Waals surface area contributed by atoms with Gasteiger partial charge in [-0.3, -0.25) is 4.79 Å². The summed E-state index contributed by atoms with van der Waals surface area (Å²) in [4.78, 5) is 11.0. The first kappa shape index (κ1) is 28.3. The maximum absolute atomic E-state index is 11.0. The Morgan fingerprint density at radius 2 is 1.73 bits per heavy atom. The molecule has 1 aromatic heterocycles. The van der Waals surface area contributed by atoms with Crippen molar-refractivity contribution in [2.75, 3.05) is 49.4 Å². The standard InChI is InChI=1S/C24H34ClNO4S3/c1-4-8-26-21-17-19(6-7-20(21)18(3)23(25)24(26)31)29-11-15-32-13-9-28-10-14-33-16-12-30-22(27)5-2/h6-7,17H,4-5,8-16H2,1-3H3. The van der Waals surface area contributed by atoms with Crippen LogP contribution in [0.4, 0.5) is 0 Å². The fourth-order valence-electron chi connectivity index (χ4n) is 3.17. The number of carbonyl (C=O) groups is 1. The lowest BCUT2D eigenvalue weighted by Crippen LogP contribution is -2.08. The van der Waals surface area contributed by atoms with E-state index in [0.29, 0.717) is 35.9 Å². The van der Waals surface area contributed by atoms with Crippen molar-refractivity contribution in [2.45, 2.75) is 40.2 Å². The third-order valence-corrected chi connectivity index (χ3v) is 7.71. The zero-order valence-corrected chi connectivity index (χ0v) is 22.9. The topological polar surface area (TPSA) is 49.7 Å². The summed E-state index contributed by atoms with van der Waals surface area (Å²) in [5.41, 5.74) is 2.09. The third kappa shape index (κ3) is 9.32. The van der Waals surface area contributed by atoms with Crippen LogP contribution in [0.5, 0.6) is 5.75 Å². The highest BCUT2D eigenvalue weighted by atomic mass is 35.5. The molecule has 0 amide bonds. The smallest absolute Gasteiger partial charge is 0.305 e. The van der Waals surface area contributed by atoms with Gasteiger partial charge in [0.15, 0.2) is 0 Å². The fourth-order valence-corrected chi connectivity index (χ4v) is 5.00. The summed E-state index contributed by atoms with van der Waals surface area (Å²) in [5, 5.41) is 1.77. The largest absolute Gasteiger partial charge is 0.493 e. The molecule has 0 aliphatic rings. The number of rotatable bonds is 16. The molecule has 0 N–H and O–H groups in total. The molecule has 0 radical (unpaired) electrons. The Morgan fingerprint density at radius 3 is 2.39 bits per heavy atom. The van der Waals surface area contributed by atoms with E-state index < -0.39 is 0 Å². The van der Waals surface area contributed by atoms with Crippen molar-refractivity contribution in [1.29, 1.82) is 0 Å². The maximum Gasteiger partial charge on any atom is 0.305 e. The van der Waals surface area contributed by atoms with E-state index in [9.17, 15) is 4.79 Å². The molecule has 0 aliphatic carbocycles. The molecule has 0 spiro atoms. The second-order valence-corrected chi connectivity index (χ2v) is 10.5. The van der Waals surface area contributed by atoms with Crippen LogP contribution in [-0.2, 0) is 20.8 Å². The first-order chi connectivity index (χ1) is 16.0. The zero-order valence-electron chi connectivity index (χ0n) is 19.7. The van der Waals surface area contributed by atoms with Crippen molar-refractivity contribution in [3.05, 3.63) is 33.4 Å². The predicted octanol–water partition coefficient (Wildman–Crippen LogP) is 6.56. The molecule has 0 saturated heterocycles. The van der Waals surface area contributed by atoms with Gasteiger partial charge in [0.2, 0.25) is 0 Å². The number of carbonyl (C=O) groups excluding carboxylic acids is 1. The number of fused-ring (bicyclic) bond motifs is 1. The summed E-state index contributed by atoms with van der Waals surface area (Å²) in [6.07, 6.45) is 1.42. The molecule has 0 fully saturated rings. The predicted molar refractivity (Wildman–Crippen MR) is 145 cm³/mol. The highest BCUT2D eigenvalue weighted by Crippen LogP contribution is 2.30. The molecule has 0 unspecified atom stereocenters. The average Bonchev–Trinajstić information content (AvgIpc) is 2.83. The van der Waals surface area contributed by atoms with Gasteiger partial charge in [-0.2, -0.15) is 23.5 Å². The summed E-state index contributed by atoms with van der Waals surface area (Å²) in [7, 11) is 0. The van der Waals surface area contributed by atoms with Crippen molar-refractivity contribution in [3.63, 3.8) is 0 Å². The minimum Gasteiger partial charge on any atom is -0.493 e. The Hall–Kier alpha value is -0.930. The molecule has 0 bridgehead atoms. The Morgan fingerprint density at radius 1 is 1.06 bits per heavy atom. The van der Waals surface area contributed by atoms with Gasteiger partial charge in [0, 0.05) is 47.4 Å². The lowest BCUT2D eigenvalue weighted by molar-refractivity contribution is -0.142. The van der Waals surface area contributed by atoms with Gasteiger partial charge < -0.3 is 18.8 Å². The molecule has 0 saturated carbocycles. The lowest BCUT2D eigenvalue weighted by Gasteiger charge is -2.16. The van der Waals surface area contributed by atoms with Crippen LogP contribution in [-0.4, -0.2) is 60.0 Å². The SMILES string of the molecule is CCCn1c(=S)c(Cl)c(C)c2ccc(OCCSCCOCCSCCOC(=O)CC)cc21. The molecule has 1 aromatic carbocycles. The van der Waals surface area contributed by atoms with Gasteiger partial charge >= 0.3 is 5.97 Å². The van der Waals surface area contributed by atoms with Crippen molar-refractivity contribution in [2.24, 2.45) is 0 Å². The van der Waals surface area contributed by atoms with Gasteiger partial charge in [0.25, 0.3) is 0 Å². The number of esters is 1. The average molecular weight is 532 g/mol. The van der Waals surface area contributed by atoms with E-state index in [1.807, 2.05) is 24.8 Å². The zero-order chi connectivity index (χ0) is 24.1. The number of halogens is 1. The monoisotopic (exact) mass is 531 g/mol. The van der Waals surface area contributed by atoms with E-state index in [-0.39, 0.29) is 5.97 Å². The Bertz CT molecular complexity index is 951. The number of benzene rings is 1. The molecule has 9 heteroatoms. The molecular formula is C24H34ClNO4S3. The molecule has 33 heavy (non-hydrogen) atoms. The van der Waals surface area contributed by atoms with Gasteiger partial charge in [-0.25, -0.2) is 0 Å². The Balaban J connectivity index is 1.64. The van der Waals surface area contributed by atoms with E-state index in [1.54, 1.807) is 18.7 Å². The van der Waals surface area contributed by atoms with Crippen LogP contribution in [0.25, 0.3) is 10.9 Å². The van der Waals surface area contributed by atoms with Crippen molar-refractivity contribution in [1.82, 2.24) is 4.57 Å². The minimum atomic E-state index is -0.140. The third-order valence-electron chi connectivity index (χ3n) is 4.89. The molecule has 2 rings (SSSR count). The number of hydrogen-bond acceptors (Lipinski definition) is 7. The van der Waals surface area contributed by atoms with Crippen LogP contribution in [0.1, 0.15) is 32.3 Å². The Labute approximate surface area is 215 Å². The number of pyridine rings is 1. The Kier molecular flexibility index (Phi) is 13.6. The summed E-state index contributed by atoms with van der Waals surface area (Å²) in [6.45, 7) is 9.34. The summed E-state index contributed by atoms with van der Waals surface area (Å²) in [5.74, 6) is 4.28. The van der Waals surface area contributed by atoms with Gasteiger partial charge in [-0.15, -0.1) is 0 Å². The van der Waals surface area contributed by atoms with Crippen LogP contribution in [0.15, 0.2) is 18.2 Å². The summed E-state index contributed by atoms with van der Waals surface area (Å²) >= 11 is 15.6. The number of thioether (sulfide) groups is 2. The van der Waals surface area contributed by atoms with E-state index in [0.717, 1.165) is 64.8 Å². The van der Waals surface area contributed by atoms with Crippen LogP contribution < -0.4 is 4.74 Å². The van der Waals surface area contributed by atoms with Crippen LogP contribution in [0, 0.1) is 11.6 Å². The first-order valence-corrected chi connectivity index (χ1v) is 14.4. The molecule has 0 aliphatic heterocycles. The van der Waals surface area contributed by atoms with Gasteiger partial charge in [-0.05, 0) is 31.0 Å². The van der Waals surface area contributed by atoms with E-state index >= 15 is 0 Å². The van der Waals surface area contributed by atoms with Crippen LogP contribution in [0.2, 0.25) is 5.02 Å². The highest BCUT2D eigenvalue weighted by Gasteiger charge is 2.11. The van der Waals surface area contributed by atoms with Gasteiger partial charge in [-0.1, -0.05) is 37.7 Å². The number of aromatic nitrogens is 1. The summed E-state index contributed by atoms with van der Waals surface area (Å²) in [6, 6.07) is 6.14. The lowest BCUT2D eigenvalue weighted by atomic mass is 10.1. The van der Waals surface area contributed by atoms with Crippen LogP contribution in [0.3, 0.4) is 0 Å². The molecule has 1 heterocycles. The molecular weight excluding hydrogens is 498 g/mol. The summed E-state index contributed by atoms with van der Waals surface area (Å²) < 4.78 is 19.5. The van der Waals surface area contributed by atoms with E-state index in [4.69, 9.17) is 38.0 Å². The van der Waals surface area contributed by atoms with Crippen molar-refractivity contribution in [3.8, 4) is 5.75 Å². The van der Waals surface area contributed by atoms with E-state index in [2.05, 4.69) is 23.6 Å². The number of hydrogen-bond donors (Lipinski definition) is 0. The highest BCUT2D eigenvalue weighted by molar-refractivity contribution is 7.99. The van der Waals surface area contributed by atoms with Gasteiger partial charge in [0.1, 0.15) is 17.0 Å². The number of aryl methyl sites for hydroxylation is 2. The molecule has 5 nitrogen and oxygen atoms in total. The normalized spacial score (nSPS) is 11.2. The van der Waals surface area contributed by atoms with Crippen LogP contribution >= 0.6 is 47.3 Å². The quantitative estimate of drug-likeness (QED) is 0.138. The second-order valence-electron chi connectivity index (χ2n) is 7.33. The molecule has 2 aromatic rings. The second kappa shape index (κ2) is 15.9. The van der Waals surface area contributed by atoms with E-state index in [1.165, 1.54) is 0 Å². The molecule has 0 atom stereocenters. The number of nitrogens with zero attached hydrogens (tertiary/aromatic N) is 1. The minimum absolute atomic E-state index is 0.140. The van der Waals surface area contributed by atoms with Gasteiger partial charge in [0.05, 0.1) is 30.4 Å². The fraction of sp³-hybridized carbons (Fsp3) is 0.583. The van der Waals surface area contributed by atoms with Crippen molar-refractivity contribution < 1.29 is 19.0 Å². The maximum atomic E-state index is 11.0. The van der Waals surface area contributed by atoms with Crippen molar-refractivity contribution >= 4 is 64.2 Å².